The molecule has 146 valence electrons. The van der Waals surface area contributed by atoms with E-state index in [-0.39, 0.29) is 23.5 Å². The number of likely N-dealkylation sites (tertiary alicyclic amines) is 1. The van der Waals surface area contributed by atoms with E-state index in [2.05, 4.69) is 11.8 Å². The molecule has 4 nitrogen and oxygen atoms in total. The first-order valence-corrected chi connectivity index (χ1v) is 9.76. The largest absolute Gasteiger partial charge is 0.506 e. The highest BCUT2D eigenvalue weighted by Gasteiger charge is 2.46. The first kappa shape index (κ1) is 19.0. The molecule has 2 unspecified atom stereocenters. The third kappa shape index (κ3) is 3.40. The van der Waals surface area contributed by atoms with Gasteiger partial charge in [-0.15, -0.1) is 0 Å². The number of aromatic hydroxyl groups is 1. The van der Waals surface area contributed by atoms with Crippen LogP contribution in [0.4, 0.5) is 10.1 Å². The number of carbonyl (C=O) groups excluding carboxylic acids is 1. The Hall–Kier alpha value is -2.37. The predicted octanol–water partition coefficient (Wildman–Crippen LogP) is 4.51. The topological polar surface area (TPSA) is 43.8 Å². The van der Waals surface area contributed by atoms with E-state index in [9.17, 15) is 14.3 Å². The molecular weight excluding hydrogens is 379 g/mol. The van der Waals surface area contributed by atoms with Gasteiger partial charge in [0.1, 0.15) is 11.6 Å². The van der Waals surface area contributed by atoms with Crippen molar-refractivity contribution in [2.45, 2.75) is 37.9 Å². The number of halogens is 2. The summed E-state index contributed by atoms with van der Waals surface area (Å²) in [6, 6.07) is 11.7. The molecule has 2 aromatic rings. The van der Waals surface area contributed by atoms with Crippen LogP contribution in [0, 0.1) is 5.82 Å². The summed E-state index contributed by atoms with van der Waals surface area (Å²) in [5.41, 5.74) is 1.21. The first-order valence-electron chi connectivity index (χ1n) is 9.38. The number of piperidine rings is 1. The van der Waals surface area contributed by atoms with E-state index in [1.165, 1.54) is 12.1 Å². The summed E-state index contributed by atoms with van der Waals surface area (Å²) in [5, 5.41) is 9.95. The highest BCUT2D eigenvalue weighted by Crippen LogP contribution is 2.41. The van der Waals surface area contributed by atoms with E-state index >= 15 is 0 Å². The second-order valence-electron chi connectivity index (χ2n) is 7.65. The normalized spacial score (nSPS) is 25.0. The van der Waals surface area contributed by atoms with Crippen molar-refractivity contribution < 1.29 is 14.3 Å². The number of carbonyl (C=O) groups is 1. The molecule has 2 heterocycles. The maximum Gasteiger partial charge on any atom is 0.251 e. The molecule has 0 bridgehead atoms. The van der Waals surface area contributed by atoms with Crippen LogP contribution < -0.4 is 4.90 Å². The van der Waals surface area contributed by atoms with E-state index in [1.807, 2.05) is 12.1 Å². The number of amides is 1. The Labute approximate surface area is 168 Å². The molecule has 6 heteroatoms. The number of phenolic OH excluding ortho intramolecular Hbond substituents is 1. The van der Waals surface area contributed by atoms with E-state index in [4.69, 9.17) is 11.6 Å². The minimum atomic E-state index is -0.423. The number of nitrogens with zero attached hydrogens (tertiary/aromatic N) is 2. The minimum Gasteiger partial charge on any atom is -0.506 e. The second-order valence-corrected chi connectivity index (χ2v) is 8.06. The Bertz CT molecular complexity index is 948. The molecule has 1 saturated heterocycles. The number of hydrogen-bond donors (Lipinski definition) is 1. The number of rotatable bonds is 3. The van der Waals surface area contributed by atoms with Crippen LogP contribution in [0.1, 0.15) is 25.3 Å². The second kappa shape index (κ2) is 7.22. The van der Waals surface area contributed by atoms with Gasteiger partial charge < -0.3 is 5.11 Å². The molecule has 0 aliphatic carbocycles. The molecule has 0 radical (unpaired) electrons. The summed E-state index contributed by atoms with van der Waals surface area (Å²) in [5.74, 6) is -0.366. The molecule has 2 aliphatic rings. The Morgan fingerprint density at radius 2 is 2.11 bits per heavy atom. The molecule has 0 saturated carbocycles. The van der Waals surface area contributed by atoms with E-state index < -0.39 is 5.54 Å². The average Bonchev–Trinajstić information content (AvgIpc) is 2.96. The van der Waals surface area contributed by atoms with Gasteiger partial charge in [-0.25, -0.2) is 4.39 Å². The summed E-state index contributed by atoms with van der Waals surface area (Å²) >= 11 is 6.03. The number of anilines is 1. The fourth-order valence-electron chi connectivity index (χ4n) is 4.37. The quantitative estimate of drug-likeness (QED) is 0.824. The lowest BCUT2D eigenvalue weighted by Crippen LogP contribution is -2.56. The molecule has 1 amide bonds. The van der Waals surface area contributed by atoms with Crippen LogP contribution in [0.5, 0.6) is 5.75 Å². The Morgan fingerprint density at radius 1 is 1.29 bits per heavy atom. The molecule has 2 aromatic carbocycles. The lowest BCUT2D eigenvalue weighted by Gasteiger charge is -2.47. The van der Waals surface area contributed by atoms with Crippen LogP contribution >= 0.6 is 11.6 Å². The maximum atomic E-state index is 13.8. The number of benzene rings is 2. The van der Waals surface area contributed by atoms with Crippen molar-refractivity contribution in [1.82, 2.24) is 4.90 Å². The SMILES string of the molecule is CC1CC2(C=CC(=O)N2c2cccc(F)c2)CCN1Cc1ccc(O)c(Cl)c1. The Morgan fingerprint density at radius 3 is 2.82 bits per heavy atom. The van der Waals surface area contributed by atoms with Crippen molar-refractivity contribution in [3.63, 3.8) is 0 Å². The maximum absolute atomic E-state index is 13.8. The van der Waals surface area contributed by atoms with Crippen LogP contribution in [-0.2, 0) is 11.3 Å². The highest BCUT2D eigenvalue weighted by molar-refractivity contribution is 6.32. The van der Waals surface area contributed by atoms with E-state index in [0.29, 0.717) is 10.7 Å². The van der Waals surface area contributed by atoms with Gasteiger partial charge in [0, 0.05) is 30.9 Å². The van der Waals surface area contributed by atoms with Crippen LogP contribution in [-0.4, -0.2) is 34.0 Å². The molecule has 1 fully saturated rings. The summed E-state index contributed by atoms with van der Waals surface area (Å²) in [6.45, 7) is 3.65. The van der Waals surface area contributed by atoms with Gasteiger partial charge in [-0.05, 0) is 55.7 Å². The zero-order valence-electron chi connectivity index (χ0n) is 15.6. The lowest BCUT2D eigenvalue weighted by atomic mass is 9.82. The summed E-state index contributed by atoms with van der Waals surface area (Å²) < 4.78 is 13.8. The first-order chi connectivity index (χ1) is 13.4. The fraction of sp³-hybridized carbons (Fsp3) is 0.318. The third-order valence-electron chi connectivity index (χ3n) is 5.77. The average molecular weight is 401 g/mol. The molecule has 28 heavy (non-hydrogen) atoms. The Kier molecular flexibility index (Phi) is 4.89. The van der Waals surface area contributed by atoms with Crippen molar-refractivity contribution in [2.75, 3.05) is 11.4 Å². The smallest absolute Gasteiger partial charge is 0.251 e. The van der Waals surface area contributed by atoms with Crippen molar-refractivity contribution in [3.8, 4) is 5.75 Å². The van der Waals surface area contributed by atoms with Gasteiger partial charge in [0.15, 0.2) is 0 Å². The van der Waals surface area contributed by atoms with E-state index in [0.717, 1.165) is 31.5 Å². The predicted molar refractivity (Wildman–Crippen MR) is 108 cm³/mol. The Balaban J connectivity index is 1.54. The molecule has 0 aromatic heterocycles. The molecule has 1 N–H and O–H groups in total. The minimum absolute atomic E-state index is 0.0800. The van der Waals surface area contributed by atoms with Gasteiger partial charge in [0.05, 0.1) is 10.6 Å². The molecular formula is C22H22ClFN2O2. The zero-order chi connectivity index (χ0) is 19.9. The van der Waals surface area contributed by atoms with Gasteiger partial charge in [-0.1, -0.05) is 29.8 Å². The lowest BCUT2D eigenvalue weighted by molar-refractivity contribution is -0.114. The van der Waals surface area contributed by atoms with Gasteiger partial charge >= 0.3 is 0 Å². The zero-order valence-corrected chi connectivity index (χ0v) is 16.4. The third-order valence-corrected chi connectivity index (χ3v) is 6.07. The highest BCUT2D eigenvalue weighted by atomic mass is 35.5. The number of hydrogen-bond acceptors (Lipinski definition) is 3. The summed E-state index contributed by atoms with van der Waals surface area (Å²) in [7, 11) is 0. The number of phenols is 1. The van der Waals surface area contributed by atoms with Gasteiger partial charge in [-0.2, -0.15) is 0 Å². The fourth-order valence-corrected chi connectivity index (χ4v) is 4.57. The summed E-state index contributed by atoms with van der Waals surface area (Å²) in [6.07, 6.45) is 5.11. The van der Waals surface area contributed by atoms with Crippen molar-refractivity contribution >= 4 is 23.2 Å². The molecule has 4 rings (SSSR count). The standard InChI is InChI=1S/C22H22ClFN2O2/c1-15-13-22(8-7-21(28)26(22)18-4-2-3-17(24)12-18)9-10-25(15)14-16-5-6-20(27)19(23)11-16/h2-8,11-12,15,27H,9-10,13-14H2,1H3. The molecule has 2 atom stereocenters. The van der Waals surface area contributed by atoms with Gasteiger partial charge in [-0.3, -0.25) is 14.6 Å². The monoisotopic (exact) mass is 400 g/mol. The van der Waals surface area contributed by atoms with Crippen LogP contribution in [0.2, 0.25) is 5.02 Å². The van der Waals surface area contributed by atoms with Crippen LogP contribution in [0.3, 0.4) is 0 Å². The van der Waals surface area contributed by atoms with Crippen LogP contribution in [0.25, 0.3) is 0 Å². The molecule has 2 aliphatic heterocycles. The van der Waals surface area contributed by atoms with Gasteiger partial charge in [0.25, 0.3) is 5.91 Å². The molecule has 1 spiro atoms. The summed E-state index contributed by atoms with van der Waals surface area (Å²) in [4.78, 5) is 16.7. The van der Waals surface area contributed by atoms with Gasteiger partial charge in [0.2, 0.25) is 0 Å². The van der Waals surface area contributed by atoms with Crippen molar-refractivity contribution in [3.05, 3.63) is 71.0 Å². The van der Waals surface area contributed by atoms with Crippen molar-refractivity contribution in [1.29, 1.82) is 0 Å². The van der Waals surface area contributed by atoms with E-state index in [1.54, 1.807) is 35.2 Å². The van der Waals surface area contributed by atoms with Crippen molar-refractivity contribution in [2.24, 2.45) is 0 Å². The van der Waals surface area contributed by atoms with Crippen LogP contribution in [0.15, 0.2) is 54.6 Å².